The van der Waals surface area contributed by atoms with Crippen LogP contribution >= 0.6 is 0 Å². The van der Waals surface area contributed by atoms with E-state index in [-0.39, 0.29) is 35.5 Å². The Morgan fingerprint density at radius 3 is 1.92 bits per heavy atom. The number of benzene rings is 3. The van der Waals surface area contributed by atoms with Gasteiger partial charge in [0.15, 0.2) is 17.5 Å². The zero-order chi connectivity index (χ0) is 35.5. The molecule has 1 saturated carbocycles. The maximum absolute atomic E-state index is 15.0. The number of esters is 1. The molecular formula is C36H30F9NO3. The van der Waals surface area contributed by atoms with E-state index in [1.165, 1.54) is 25.7 Å². The number of rotatable bonds is 11. The number of hydrogen-bond donors (Lipinski definition) is 0. The zero-order valence-electron chi connectivity index (χ0n) is 26.1. The molecule has 3 aromatic carbocycles. The molecule has 0 spiro atoms. The lowest BCUT2D eigenvalue weighted by molar-refractivity contribution is -0.189. The van der Waals surface area contributed by atoms with Crippen LogP contribution in [0, 0.1) is 46.6 Å². The lowest BCUT2D eigenvalue weighted by atomic mass is 9.77. The fraction of sp³-hybridized carbons (Fsp3) is 0.333. The van der Waals surface area contributed by atoms with Crippen LogP contribution in [0.4, 0.5) is 39.5 Å². The van der Waals surface area contributed by atoms with E-state index < -0.39 is 75.4 Å². The first-order chi connectivity index (χ1) is 23.3. The van der Waals surface area contributed by atoms with E-state index in [2.05, 4.69) is 21.4 Å². The average molecular weight is 696 g/mol. The zero-order valence-corrected chi connectivity index (χ0v) is 26.1. The fourth-order valence-electron chi connectivity index (χ4n) is 6.04. The second-order valence-corrected chi connectivity index (χ2v) is 12.0. The first kappa shape index (κ1) is 35.7. The number of carbonyl (C=O) groups is 1. The molecule has 4 aromatic rings. The van der Waals surface area contributed by atoms with Crippen molar-refractivity contribution in [3.05, 3.63) is 112 Å². The van der Waals surface area contributed by atoms with Crippen molar-refractivity contribution in [2.24, 2.45) is 5.92 Å². The Morgan fingerprint density at radius 1 is 0.776 bits per heavy atom. The molecule has 1 aromatic heterocycles. The molecular weight excluding hydrogens is 665 g/mol. The first-order valence-corrected chi connectivity index (χ1v) is 15.7. The highest BCUT2D eigenvalue weighted by atomic mass is 19.3. The second-order valence-electron chi connectivity index (χ2n) is 12.0. The Hall–Kier alpha value is -4.55. The molecule has 1 heterocycles. The number of halogens is 9. The van der Waals surface area contributed by atoms with Crippen LogP contribution in [-0.4, -0.2) is 11.0 Å². The van der Waals surface area contributed by atoms with Gasteiger partial charge in [0.1, 0.15) is 45.9 Å². The lowest BCUT2D eigenvalue weighted by Crippen LogP contribution is -2.25. The van der Waals surface area contributed by atoms with Crippen molar-refractivity contribution >= 4 is 5.97 Å². The summed E-state index contributed by atoms with van der Waals surface area (Å²) in [5.74, 6) is -15.6. The summed E-state index contributed by atoms with van der Waals surface area (Å²) < 4.78 is 138. The van der Waals surface area contributed by atoms with Crippen molar-refractivity contribution in [2.75, 3.05) is 0 Å². The Bertz CT molecular complexity index is 1750. The minimum Gasteiger partial charge on any atom is -0.429 e. The van der Waals surface area contributed by atoms with E-state index in [0.29, 0.717) is 24.0 Å². The quantitative estimate of drug-likeness (QED) is 0.0515. The summed E-state index contributed by atoms with van der Waals surface area (Å²) in [6, 6.07) is 5.26. The van der Waals surface area contributed by atoms with Crippen LogP contribution in [0.5, 0.6) is 11.5 Å². The van der Waals surface area contributed by atoms with Gasteiger partial charge in [0, 0.05) is 36.0 Å². The van der Waals surface area contributed by atoms with Crippen LogP contribution in [0.3, 0.4) is 0 Å². The van der Waals surface area contributed by atoms with Crippen molar-refractivity contribution < 1.29 is 53.8 Å². The molecule has 4 nitrogen and oxygen atoms in total. The molecule has 0 bridgehead atoms. The minimum atomic E-state index is -4.80. The van der Waals surface area contributed by atoms with Crippen LogP contribution in [-0.2, 0) is 6.11 Å². The highest BCUT2D eigenvalue weighted by Gasteiger charge is 2.42. The van der Waals surface area contributed by atoms with Crippen molar-refractivity contribution in [1.82, 2.24) is 4.98 Å². The van der Waals surface area contributed by atoms with Crippen molar-refractivity contribution in [1.29, 1.82) is 0 Å². The highest BCUT2D eigenvalue weighted by Crippen LogP contribution is 2.40. The van der Waals surface area contributed by atoms with Gasteiger partial charge in [-0.15, -0.1) is 0 Å². The summed E-state index contributed by atoms with van der Waals surface area (Å²) in [5.41, 5.74) is -2.38. The monoisotopic (exact) mass is 695 g/mol. The van der Waals surface area contributed by atoms with Crippen LogP contribution in [0.25, 0.3) is 11.3 Å². The molecule has 5 rings (SSSR count). The molecule has 49 heavy (non-hydrogen) atoms. The second kappa shape index (κ2) is 14.9. The van der Waals surface area contributed by atoms with E-state index in [1.807, 2.05) is 0 Å². The summed E-state index contributed by atoms with van der Waals surface area (Å²) in [7, 11) is 0. The number of nitrogens with zero attached hydrogens (tertiary/aromatic N) is 1. The third-order valence-corrected chi connectivity index (χ3v) is 8.58. The predicted molar refractivity (Wildman–Crippen MR) is 161 cm³/mol. The highest BCUT2D eigenvalue weighted by molar-refractivity contribution is 5.91. The molecule has 1 aliphatic carbocycles. The van der Waals surface area contributed by atoms with Gasteiger partial charge in [-0.2, -0.15) is 8.78 Å². The number of pyridine rings is 1. The van der Waals surface area contributed by atoms with E-state index in [1.54, 1.807) is 18.3 Å². The van der Waals surface area contributed by atoms with E-state index >= 15 is 17.6 Å². The standard InChI is InChI=1S/C36H30F9NO3/c1-2-3-4-5-19-6-8-20(9-7-19)21-10-11-31(46-18-21)22-12-27(39)33(28(40)13-22)36(44,45)49-24-16-25(37)32(26(38)17-24)35(47)48-23-14-29(41)34(43)30(42)15-23/h10-20H,2-9H2,1H3. The fourth-order valence-corrected chi connectivity index (χ4v) is 6.04. The molecule has 0 aliphatic heterocycles. The molecule has 0 saturated heterocycles. The van der Waals surface area contributed by atoms with Gasteiger partial charge in [-0.05, 0) is 61.3 Å². The smallest absolute Gasteiger partial charge is 0.429 e. The normalized spacial score (nSPS) is 16.4. The molecule has 1 aliphatic rings. The Kier molecular flexibility index (Phi) is 10.9. The molecule has 1 fully saturated rings. The summed E-state index contributed by atoms with van der Waals surface area (Å²) in [4.78, 5) is 16.5. The summed E-state index contributed by atoms with van der Waals surface area (Å²) in [6.07, 6.45) is 5.90. The van der Waals surface area contributed by atoms with Crippen LogP contribution in [0.1, 0.15) is 85.7 Å². The maximum Gasteiger partial charge on any atom is 0.432 e. The summed E-state index contributed by atoms with van der Waals surface area (Å²) in [5, 5.41) is 0. The Morgan fingerprint density at radius 2 is 1.37 bits per heavy atom. The Balaban J connectivity index is 1.28. The third kappa shape index (κ3) is 8.19. The van der Waals surface area contributed by atoms with Crippen molar-refractivity contribution in [3.8, 4) is 22.8 Å². The van der Waals surface area contributed by atoms with Gasteiger partial charge < -0.3 is 9.47 Å². The van der Waals surface area contributed by atoms with Crippen molar-refractivity contribution in [2.45, 2.75) is 70.3 Å². The maximum atomic E-state index is 15.0. The molecule has 0 amide bonds. The van der Waals surface area contributed by atoms with Gasteiger partial charge in [-0.25, -0.2) is 35.5 Å². The molecule has 0 atom stereocenters. The third-order valence-electron chi connectivity index (χ3n) is 8.58. The lowest BCUT2D eigenvalue weighted by Gasteiger charge is -2.28. The topological polar surface area (TPSA) is 48.4 Å². The molecule has 13 heteroatoms. The number of hydrogen-bond acceptors (Lipinski definition) is 4. The Labute approximate surface area is 275 Å². The molecule has 260 valence electrons. The van der Waals surface area contributed by atoms with E-state index in [4.69, 9.17) is 0 Å². The van der Waals surface area contributed by atoms with Crippen LogP contribution in [0.15, 0.2) is 54.7 Å². The van der Waals surface area contributed by atoms with Gasteiger partial charge in [-0.1, -0.05) is 38.7 Å². The largest absolute Gasteiger partial charge is 0.432 e. The van der Waals surface area contributed by atoms with Crippen molar-refractivity contribution in [3.63, 3.8) is 0 Å². The first-order valence-electron chi connectivity index (χ1n) is 15.7. The number of ether oxygens (including phenoxy) is 2. The van der Waals surface area contributed by atoms with Gasteiger partial charge in [0.2, 0.25) is 0 Å². The summed E-state index contributed by atoms with van der Waals surface area (Å²) >= 11 is 0. The van der Waals surface area contributed by atoms with E-state index in [9.17, 15) is 26.7 Å². The average Bonchev–Trinajstić information content (AvgIpc) is 3.03. The number of aromatic nitrogens is 1. The molecule has 0 radical (unpaired) electrons. The number of unbranched alkanes of at least 4 members (excludes halogenated alkanes) is 2. The molecule has 0 unspecified atom stereocenters. The predicted octanol–water partition coefficient (Wildman–Crippen LogP) is 10.9. The van der Waals surface area contributed by atoms with Crippen LogP contribution < -0.4 is 9.47 Å². The van der Waals surface area contributed by atoms with Gasteiger partial charge in [-0.3, -0.25) is 4.98 Å². The molecule has 0 N–H and O–H groups in total. The number of carbonyl (C=O) groups excluding carboxylic acids is 1. The SMILES string of the molecule is CCCCCC1CCC(c2ccc(-c3cc(F)c(C(F)(F)Oc4cc(F)c(C(=O)Oc5cc(F)c(F)c(F)c5)c(F)c4)c(F)c3)nc2)CC1. The number of alkyl halides is 2. The van der Waals surface area contributed by atoms with Crippen LogP contribution in [0.2, 0.25) is 0 Å². The van der Waals surface area contributed by atoms with Gasteiger partial charge in [0.25, 0.3) is 0 Å². The van der Waals surface area contributed by atoms with E-state index in [0.717, 1.165) is 31.2 Å². The van der Waals surface area contributed by atoms with Gasteiger partial charge in [0.05, 0.1) is 5.69 Å². The van der Waals surface area contributed by atoms with Gasteiger partial charge >= 0.3 is 12.1 Å². The summed E-state index contributed by atoms with van der Waals surface area (Å²) in [6.45, 7) is 2.17. The minimum absolute atomic E-state index is 0.105.